The lowest BCUT2D eigenvalue weighted by Crippen LogP contribution is -2.46. The third-order valence-corrected chi connectivity index (χ3v) is 4.22. The summed E-state index contributed by atoms with van der Waals surface area (Å²) in [5, 5.41) is 22.5. The molecular formula is C16H22N2O3. The molecule has 1 amide bonds. The van der Waals surface area contributed by atoms with E-state index < -0.39 is 11.0 Å². The second-order valence-corrected chi connectivity index (χ2v) is 6.12. The molecule has 1 atom stereocenters. The van der Waals surface area contributed by atoms with Crippen molar-refractivity contribution in [2.75, 3.05) is 6.54 Å². The first-order chi connectivity index (χ1) is 9.89. The predicted molar refractivity (Wildman–Crippen MR) is 77.2 cm³/mol. The van der Waals surface area contributed by atoms with Crippen molar-refractivity contribution in [1.29, 1.82) is 5.26 Å². The zero-order valence-electron chi connectivity index (χ0n) is 12.6. The molecule has 1 aliphatic carbocycles. The fraction of sp³-hybridized carbons (Fsp3) is 0.625. The standard InChI is InChI=1S/C16H22N2O3/c1-12-6-7-13(21-12)15(2,20)11-18-14(19)16(10-17)8-4-3-5-9-16/h6-7,20H,3-5,8-9,11H2,1-2H3,(H,18,19). The maximum atomic E-state index is 12.4. The molecule has 1 aromatic rings. The van der Waals surface area contributed by atoms with Gasteiger partial charge in [0.2, 0.25) is 5.91 Å². The van der Waals surface area contributed by atoms with Gasteiger partial charge in [0.05, 0.1) is 12.6 Å². The molecule has 1 aromatic heterocycles. The van der Waals surface area contributed by atoms with Crippen LogP contribution < -0.4 is 5.32 Å². The van der Waals surface area contributed by atoms with Crippen LogP contribution in [0.3, 0.4) is 0 Å². The van der Waals surface area contributed by atoms with E-state index in [1.807, 2.05) is 0 Å². The fourth-order valence-corrected chi connectivity index (χ4v) is 2.78. The van der Waals surface area contributed by atoms with Crippen molar-refractivity contribution < 1.29 is 14.3 Å². The molecule has 0 aromatic carbocycles. The largest absolute Gasteiger partial charge is 0.463 e. The van der Waals surface area contributed by atoms with Gasteiger partial charge < -0.3 is 14.8 Å². The SMILES string of the molecule is Cc1ccc(C(C)(O)CNC(=O)C2(C#N)CCCCC2)o1. The highest BCUT2D eigenvalue weighted by atomic mass is 16.4. The topological polar surface area (TPSA) is 86.3 Å². The van der Waals surface area contributed by atoms with Crippen LogP contribution >= 0.6 is 0 Å². The van der Waals surface area contributed by atoms with Crippen molar-refractivity contribution in [3.05, 3.63) is 23.7 Å². The highest BCUT2D eigenvalue weighted by molar-refractivity contribution is 5.85. The third-order valence-electron chi connectivity index (χ3n) is 4.22. The van der Waals surface area contributed by atoms with Crippen molar-refractivity contribution in [3.8, 4) is 6.07 Å². The van der Waals surface area contributed by atoms with Gasteiger partial charge in [-0.15, -0.1) is 0 Å². The molecule has 1 fully saturated rings. The Morgan fingerprint density at radius 3 is 2.67 bits per heavy atom. The summed E-state index contributed by atoms with van der Waals surface area (Å²) in [6.45, 7) is 3.42. The molecule has 2 N–H and O–H groups in total. The summed E-state index contributed by atoms with van der Waals surface area (Å²) in [7, 11) is 0. The lowest BCUT2D eigenvalue weighted by atomic mass is 9.74. The molecule has 1 saturated carbocycles. The Labute approximate surface area is 124 Å². The second kappa shape index (κ2) is 5.90. The number of aliphatic hydroxyl groups is 1. The molecule has 0 aliphatic heterocycles. The van der Waals surface area contributed by atoms with Crippen LogP contribution in [-0.2, 0) is 10.4 Å². The Kier molecular flexibility index (Phi) is 4.38. The van der Waals surface area contributed by atoms with Crippen LogP contribution in [0, 0.1) is 23.7 Å². The van der Waals surface area contributed by atoms with E-state index >= 15 is 0 Å². The molecule has 1 aliphatic rings. The van der Waals surface area contributed by atoms with Crippen LogP contribution in [0.5, 0.6) is 0 Å². The van der Waals surface area contributed by atoms with Crippen LogP contribution in [0.15, 0.2) is 16.5 Å². The van der Waals surface area contributed by atoms with Crippen molar-refractivity contribution in [2.24, 2.45) is 5.41 Å². The zero-order chi connectivity index (χ0) is 15.5. The first kappa shape index (κ1) is 15.6. The van der Waals surface area contributed by atoms with E-state index in [2.05, 4.69) is 11.4 Å². The smallest absolute Gasteiger partial charge is 0.240 e. The first-order valence-electron chi connectivity index (χ1n) is 7.38. The maximum absolute atomic E-state index is 12.4. The van der Waals surface area contributed by atoms with Crippen LogP contribution in [0.25, 0.3) is 0 Å². The second-order valence-electron chi connectivity index (χ2n) is 6.12. The fourth-order valence-electron chi connectivity index (χ4n) is 2.78. The number of amides is 1. The van der Waals surface area contributed by atoms with E-state index in [4.69, 9.17) is 4.42 Å². The highest BCUT2D eigenvalue weighted by Crippen LogP contribution is 2.36. The number of nitrogens with one attached hydrogen (secondary N) is 1. The quantitative estimate of drug-likeness (QED) is 0.891. The number of nitrogens with zero attached hydrogens (tertiary/aromatic N) is 1. The summed E-state index contributed by atoms with van der Waals surface area (Å²) in [6, 6.07) is 5.64. The van der Waals surface area contributed by atoms with E-state index in [0.29, 0.717) is 24.4 Å². The van der Waals surface area contributed by atoms with E-state index in [0.717, 1.165) is 19.3 Å². The van der Waals surface area contributed by atoms with Gasteiger partial charge in [-0.25, -0.2) is 0 Å². The van der Waals surface area contributed by atoms with E-state index in [1.54, 1.807) is 26.0 Å². The zero-order valence-corrected chi connectivity index (χ0v) is 12.6. The van der Waals surface area contributed by atoms with Gasteiger partial charge in [0, 0.05) is 0 Å². The molecule has 5 nitrogen and oxygen atoms in total. The van der Waals surface area contributed by atoms with Crippen LogP contribution in [0.4, 0.5) is 0 Å². The lowest BCUT2D eigenvalue weighted by molar-refractivity contribution is -0.131. The minimum atomic E-state index is -1.28. The van der Waals surface area contributed by atoms with Gasteiger partial charge in [-0.2, -0.15) is 5.26 Å². The number of carbonyl (C=O) groups is 1. The number of furan rings is 1. The van der Waals surface area contributed by atoms with Gasteiger partial charge >= 0.3 is 0 Å². The lowest BCUT2D eigenvalue weighted by Gasteiger charge is -2.30. The molecule has 1 unspecified atom stereocenters. The molecule has 0 saturated heterocycles. The van der Waals surface area contributed by atoms with Crippen molar-refractivity contribution in [3.63, 3.8) is 0 Å². The number of rotatable bonds is 4. The van der Waals surface area contributed by atoms with Crippen LogP contribution in [-0.4, -0.2) is 17.6 Å². The number of carbonyl (C=O) groups excluding carboxylic acids is 1. The number of nitriles is 1. The average molecular weight is 290 g/mol. The highest BCUT2D eigenvalue weighted by Gasteiger charge is 2.40. The summed E-state index contributed by atoms with van der Waals surface area (Å²) in [6.07, 6.45) is 4.05. The van der Waals surface area contributed by atoms with Gasteiger partial charge in [-0.1, -0.05) is 19.3 Å². The van der Waals surface area contributed by atoms with Crippen molar-refractivity contribution >= 4 is 5.91 Å². The Morgan fingerprint density at radius 1 is 1.48 bits per heavy atom. The first-order valence-corrected chi connectivity index (χ1v) is 7.38. The van der Waals surface area contributed by atoms with Gasteiger partial charge in [0.25, 0.3) is 0 Å². The number of aryl methyl sites for hydroxylation is 1. The molecule has 1 heterocycles. The van der Waals surface area contributed by atoms with E-state index in [-0.39, 0.29) is 12.5 Å². The Morgan fingerprint density at radius 2 is 2.14 bits per heavy atom. The minimum Gasteiger partial charge on any atom is -0.463 e. The minimum absolute atomic E-state index is 0.0300. The number of hydrogen-bond donors (Lipinski definition) is 2. The normalized spacial score (nSPS) is 20.3. The summed E-state index contributed by atoms with van der Waals surface area (Å²) < 4.78 is 5.41. The molecular weight excluding hydrogens is 268 g/mol. The van der Waals surface area contributed by atoms with Crippen LogP contribution in [0.1, 0.15) is 50.5 Å². The Hall–Kier alpha value is -1.80. The summed E-state index contributed by atoms with van der Waals surface area (Å²) in [5.74, 6) is 0.834. The molecule has 114 valence electrons. The van der Waals surface area contributed by atoms with Gasteiger partial charge in [0.1, 0.15) is 22.5 Å². The summed E-state index contributed by atoms with van der Waals surface area (Å²) in [5.41, 5.74) is -2.22. The molecule has 0 spiro atoms. The molecule has 0 bridgehead atoms. The van der Waals surface area contributed by atoms with Gasteiger partial charge in [0.15, 0.2) is 0 Å². The average Bonchev–Trinajstić information content (AvgIpc) is 2.93. The third kappa shape index (κ3) is 3.27. The molecule has 21 heavy (non-hydrogen) atoms. The molecule has 5 heteroatoms. The Bertz CT molecular complexity index is 548. The van der Waals surface area contributed by atoms with E-state index in [9.17, 15) is 15.2 Å². The summed E-state index contributed by atoms with van der Waals surface area (Å²) >= 11 is 0. The maximum Gasteiger partial charge on any atom is 0.240 e. The van der Waals surface area contributed by atoms with Crippen molar-refractivity contribution in [1.82, 2.24) is 5.32 Å². The van der Waals surface area contributed by atoms with Crippen LogP contribution in [0.2, 0.25) is 0 Å². The van der Waals surface area contributed by atoms with Crippen molar-refractivity contribution in [2.45, 2.75) is 51.6 Å². The van der Waals surface area contributed by atoms with Gasteiger partial charge in [-0.05, 0) is 38.8 Å². The Balaban J connectivity index is 2.01. The van der Waals surface area contributed by atoms with E-state index in [1.165, 1.54) is 0 Å². The number of hydrogen-bond acceptors (Lipinski definition) is 4. The summed E-state index contributed by atoms with van der Waals surface area (Å²) in [4.78, 5) is 12.4. The van der Waals surface area contributed by atoms with Gasteiger partial charge in [-0.3, -0.25) is 4.79 Å². The monoisotopic (exact) mass is 290 g/mol. The molecule has 2 rings (SSSR count). The molecule has 0 radical (unpaired) electrons. The predicted octanol–water partition coefficient (Wildman–Crippen LogP) is 2.39.